The van der Waals surface area contributed by atoms with Crippen molar-refractivity contribution in [3.63, 3.8) is 0 Å². The summed E-state index contributed by atoms with van der Waals surface area (Å²) in [5, 5.41) is 0. The second kappa shape index (κ2) is 5.96. The number of ether oxygens (including phenoxy) is 2. The molecule has 0 saturated carbocycles. The van der Waals surface area contributed by atoms with Crippen molar-refractivity contribution in [2.75, 3.05) is 6.61 Å². The molecule has 2 rings (SSSR count). The molecule has 0 aromatic heterocycles. The van der Waals surface area contributed by atoms with Crippen LogP contribution in [-0.4, -0.2) is 23.8 Å². The molecule has 20 heavy (non-hydrogen) atoms. The third kappa shape index (κ3) is 2.47. The quantitative estimate of drug-likeness (QED) is 0.565. The minimum atomic E-state index is -0.734. The van der Waals surface area contributed by atoms with Crippen LogP contribution in [0.1, 0.15) is 45.6 Å². The standard InChI is InChI=1S/C17H24O3/c1-4-12-17(15(18)19-6-3)16(5-2,20-17)13-14-10-8-7-9-11-14/h7-11H,4-6,12-13H2,1-3H3. The van der Waals surface area contributed by atoms with Crippen molar-refractivity contribution in [1.82, 2.24) is 0 Å². The Labute approximate surface area is 121 Å². The molecular weight excluding hydrogens is 252 g/mol. The van der Waals surface area contributed by atoms with Gasteiger partial charge in [-0.25, -0.2) is 4.79 Å². The van der Waals surface area contributed by atoms with Gasteiger partial charge in [-0.1, -0.05) is 50.6 Å². The van der Waals surface area contributed by atoms with E-state index in [0.29, 0.717) is 6.61 Å². The minimum absolute atomic E-state index is 0.195. The van der Waals surface area contributed by atoms with Crippen LogP contribution in [0.5, 0.6) is 0 Å². The predicted octanol–water partition coefficient (Wildman–Crippen LogP) is 3.51. The van der Waals surface area contributed by atoms with E-state index < -0.39 is 11.2 Å². The Morgan fingerprint density at radius 3 is 2.45 bits per heavy atom. The third-order valence-electron chi connectivity index (χ3n) is 4.17. The Kier molecular flexibility index (Phi) is 4.48. The number of hydrogen-bond donors (Lipinski definition) is 0. The molecule has 0 aliphatic carbocycles. The van der Waals surface area contributed by atoms with Crippen molar-refractivity contribution in [2.24, 2.45) is 0 Å². The van der Waals surface area contributed by atoms with Crippen LogP contribution in [0.25, 0.3) is 0 Å². The first-order valence-electron chi connectivity index (χ1n) is 7.55. The monoisotopic (exact) mass is 276 g/mol. The van der Waals surface area contributed by atoms with E-state index in [1.807, 2.05) is 25.1 Å². The third-order valence-corrected chi connectivity index (χ3v) is 4.17. The predicted molar refractivity (Wildman–Crippen MR) is 78.5 cm³/mol. The van der Waals surface area contributed by atoms with Crippen LogP contribution in [0.2, 0.25) is 0 Å². The molecule has 2 unspecified atom stereocenters. The lowest BCUT2D eigenvalue weighted by Gasteiger charge is -2.17. The Hall–Kier alpha value is -1.35. The zero-order chi connectivity index (χ0) is 14.6. The van der Waals surface area contributed by atoms with Crippen molar-refractivity contribution in [1.29, 1.82) is 0 Å². The summed E-state index contributed by atoms with van der Waals surface area (Å²) >= 11 is 0. The van der Waals surface area contributed by atoms with Crippen LogP contribution in [0.15, 0.2) is 30.3 Å². The smallest absolute Gasteiger partial charge is 0.341 e. The molecule has 0 amide bonds. The lowest BCUT2D eigenvalue weighted by atomic mass is 9.82. The lowest BCUT2D eigenvalue weighted by Crippen LogP contribution is -2.37. The second-order valence-corrected chi connectivity index (χ2v) is 5.41. The minimum Gasteiger partial charge on any atom is -0.464 e. The highest BCUT2D eigenvalue weighted by atomic mass is 16.7. The normalized spacial score (nSPS) is 28.1. The maximum Gasteiger partial charge on any atom is 0.341 e. The van der Waals surface area contributed by atoms with Crippen molar-refractivity contribution < 1.29 is 14.3 Å². The maximum absolute atomic E-state index is 12.3. The summed E-state index contributed by atoms with van der Waals surface area (Å²) in [4.78, 5) is 12.3. The van der Waals surface area contributed by atoms with Gasteiger partial charge in [0.25, 0.3) is 0 Å². The summed E-state index contributed by atoms with van der Waals surface area (Å²) in [5.74, 6) is -0.195. The molecule has 1 aromatic rings. The highest BCUT2D eigenvalue weighted by Crippen LogP contribution is 2.56. The van der Waals surface area contributed by atoms with Crippen molar-refractivity contribution in [3.8, 4) is 0 Å². The van der Waals surface area contributed by atoms with Gasteiger partial charge < -0.3 is 9.47 Å². The second-order valence-electron chi connectivity index (χ2n) is 5.41. The molecule has 0 radical (unpaired) electrons. The van der Waals surface area contributed by atoms with Gasteiger partial charge in [-0.3, -0.25) is 0 Å². The molecule has 3 nitrogen and oxygen atoms in total. The molecule has 3 heteroatoms. The number of esters is 1. The van der Waals surface area contributed by atoms with Crippen LogP contribution in [0, 0.1) is 0 Å². The highest BCUT2D eigenvalue weighted by Gasteiger charge is 2.73. The number of carbonyl (C=O) groups excluding carboxylic acids is 1. The topological polar surface area (TPSA) is 38.8 Å². The summed E-state index contributed by atoms with van der Waals surface area (Å²) in [6.45, 7) is 6.40. The average Bonchev–Trinajstić information content (AvgIpc) is 3.10. The van der Waals surface area contributed by atoms with Gasteiger partial charge in [-0.05, 0) is 25.3 Å². The molecule has 1 aliphatic heterocycles. The van der Waals surface area contributed by atoms with E-state index in [0.717, 1.165) is 25.7 Å². The first-order chi connectivity index (χ1) is 9.64. The van der Waals surface area contributed by atoms with Gasteiger partial charge >= 0.3 is 5.97 Å². The van der Waals surface area contributed by atoms with E-state index in [9.17, 15) is 4.79 Å². The Morgan fingerprint density at radius 1 is 1.20 bits per heavy atom. The van der Waals surface area contributed by atoms with E-state index in [1.54, 1.807) is 0 Å². The largest absolute Gasteiger partial charge is 0.464 e. The van der Waals surface area contributed by atoms with E-state index in [-0.39, 0.29) is 5.97 Å². The first-order valence-corrected chi connectivity index (χ1v) is 7.55. The van der Waals surface area contributed by atoms with Crippen LogP contribution < -0.4 is 0 Å². The molecule has 0 N–H and O–H groups in total. The van der Waals surface area contributed by atoms with Crippen molar-refractivity contribution in [3.05, 3.63) is 35.9 Å². The van der Waals surface area contributed by atoms with E-state index in [1.165, 1.54) is 5.56 Å². The van der Waals surface area contributed by atoms with Crippen LogP contribution >= 0.6 is 0 Å². The maximum atomic E-state index is 12.3. The molecule has 1 aliphatic rings. The summed E-state index contributed by atoms with van der Waals surface area (Å²) in [6.07, 6.45) is 3.23. The zero-order valence-electron chi connectivity index (χ0n) is 12.6. The molecule has 0 bridgehead atoms. The average molecular weight is 276 g/mol. The number of rotatable bonds is 7. The summed E-state index contributed by atoms with van der Waals surface area (Å²) < 4.78 is 11.3. The van der Waals surface area contributed by atoms with Crippen molar-refractivity contribution >= 4 is 5.97 Å². The molecule has 1 saturated heterocycles. The molecule has 2 atom stereocenters. The van der Waals surface area contributed by atoms with Crippen LogP contribution in [-0.2, 0) is 20.7 Å². The highest BCUT2D eigenvalue weighted by molar-refractivity contribution is 5.85. The van der Waals surface area contributed by atoms with Gasteiger partial charge in [0.1, 0.15) is 5.60 Å². The van der Waals surface area contributed by atoms with E-state index in [2.05, 4.69) is 26.0 Å². The number of benzene rings is 1. The number of hydrogen-bond acceptors (Lipinski definition) is 3. The van der Waals surface area contributed by atoms with Gasteiger partial charge in [0, 0.05) is 6.42 Å². The zero-order valence-corrected chi connectivity index (χ0v) is 12.6. The van der Waals surface area contributed by atoms with Crippen LogP contribution in [0.3, 0.4) is 0 Å². The Bertz CT molecular complexity index is 457. The molecule has 0 spiro atoms. The Balaban J connectivity index is 2.21. The summed E-state index contributed by atoms with van der Waals surface area (Å²) in [7, 11) is 0. The van der Waals surface area contributed by atoms with Gasteiger partial charge in [0.2, 0.25) is 0 Å². The van der Waals surface area contributed by atoms with Crippen LogP contribution in [0.4, 0.5) is 0 Å². The summed E-state index contributed by atoms with van der Waals surface area (Å²) in [5.41, 5.74) is 0.0792. The molecular formula is C17H24O3. The van der Waals surface area contributed by atoms with E-state index in [4.69, 9.17) is 9.47 Å². The number of epoxide rings is 1. The first kappa shape index (κ1) is 15.0. The van der Waals surface area contributed by atoms with Gasteiger partial charge in [0.05, 0.1) is 6.61 Å². The lowest BCUT2D eigenvalue weighted by molar-refractivity contribution is -0.149. The van der Waals surface area contributed by atoms with Crippen molar-refractivity contribution in [2.45, 2.75) is 57.7 Å². The fourth-order valence-corrected chi connectivity index (χ4v) is 3.10. The van der Waals surface area contributed by atoms with Gasteiger partial charge in [0.15, 0.2) is 5.60 Å². The van der Waals surface area contributed by atoms with Gasteiger partial charge in [-0.15, -0.1) is 0 Å². The molecule has 1 fully saturated rings. The molecule has 1 aromatic carbocycles. The fourth-order valence-electron chi connectivity index (χ4n) is 3.10. The number of carbonyl (C=O) groups is 1. The fraction of sp³-hybridized carbons (Fsp3) is 0.588. The summed E-state index contributed by atoms with van der Waals surface area (Å²) in [6, 6.07) is 10.2. The van der Waals surface area contributed by atoms with E-state index >= 15 is 0 Å². The molecule has 1 heterocycles. The Morgan fingerprint density at radius 2 is 1.90 bits per heavy atom. The molecule has 110 valence electrons. The SMILES string of the molecule is CCCC1(C(=O)OCC)OC1(CC)Cc1ccccc1. The van der Waals surface area contributed by atoms with Gasteiger partial charge in [-0.2, -0.15) is 0 Å².